The van der Waals surface area contributed by atoms with Crippen LogP contribution >= 0.6 is 0 Å². The van der Waals surface area contributed by atoms with Crippen molar-refractivity contribution in [2.24, 2.45) is 0 Å². The van der Waals surface area contributed by atoms with Crippen molar-refractivity contribution in [3.8, 4) is 5.75 Å². The normalized spacial score (nSPS) is 17.8. The van der Waals surface area contributed by atoms with E-state index >= 15 is 0 Å². The molecule has 1 atom stereocenters. The fourth-order valence-electron chi connectivity index (χ4n) is 4.15. The number of H-pyrrole nitrogens is 1. The minimum Gasteiger partial charge on any atom is -0.507 e. The van der Waals surface area contributed by atoms with Gasteiger partial charge in [-0.25, -0.2) is 4.98 Å². The first kappa shape index (κ1) is 21.4. The van der Waals surface area contributed by atoms with Crippen LogP contribution in [-0.2, 0) is 16.1 Å². The molecular weight excluding hydrogens is 410 g/mol. The van der Waals surface area contributed by atoms with Gasteiger partial charge in [-0.05, 0) is 38.0 Å². The lowest BCUT2D eigenvalue weighted by Crippen LogP contribution is -2.31. The van der Waals surface area contributed by atoms with E-state index in [1.54, 1.807) is 51.7 Å². The number of aliphatic hydroxyl groups is 1. The van der Waals surface area contributed by atoms with Crippen molar-refractivity contribution in [2.45, 2.75) is 32.9 Å². The van der Waals surface area contributed by atoms with Crippen LogP contribution in [0.25, 0.3) is 5.76 Å². The molecule has 9 heteroatoms. The minimum absolute atomic E-state index is 0.0542. The van der Waals surface area contributed by atoms with Crippen LogP contribution in [0.4, 0.5) is 0 Å². The molecule has 1 fully saturated rings. The maximum absolute atomic E-state index is 13.1. The molecule has 0 bridgehead atoms. The molecule has 0 radical (unpaired) electrons. The van der Waals surface area contributed by atoms with E-state index in [2.05, 4.69) is 15.2 Å². The smallest absolute Gasteiger partial charge is 0.295 e. The average molecular weight is 435 g/mol. The molecule has 0 unspecified atom stereocenters. The predicted octanol–water partition coefficient (Wildman–Crippen LogP) is 2.74. The third-order valence-corrected chi connectivity index (χ3v) is 5.69. The van der Waals surface area contributed by atoms with Gasteiger partial charge in [-0.1, -0.05) is 12.1 Å². The Morgan fingerprint density at radius 3 is 2.72 bits per heavy atom. The summed E-state index contributed by atoms with van der Waals surface area (Å²) in [7, 11) is 1.55. The van der Waals surface area contributed by atoms with Crippen molar-refractivity contribution in [3.05, 3.63) is 71.1 Å². The van der Waals surface area contributed by atoms with Gasteiger partial charge >= 0.3 is 0 Å². The van der Waals surface area contributed by atoms with E-state index in [0.717, 1.165) is 0 Å². The van der Waals surface area contributed by atoms with Gasteiger partial charge in [-0.3, -0.25) is 14.7 Å². The number of nitrogens with zero attached hydrogens (tertiary/aromatic N) is 4. The molecule has 2 aromatic heterocycles. The number of hydrogen-bond donors (Lipinski definition) is 2. The van der Waals surface area contributed by atoms with Gasteiger partial charge in [0.15, 0.2) is 0 Å². The Labute approximate surface area is 185 Å². The monoisotopic (exact) mass is 435 g/mol. The number of carbonyl (C=O) groups excluding carboxylic acids is 2. The third-order valence-electron chi connectivity index (χ3n) is 5.69. The molecule has 2 N–H and O–H groups in total. The number of carbonyl (C=O) groups is 2. The zero-order valence-electron chi connectivity index (χ0n) is 18.2. The van der Waals surface area contributed by atoms with Crippen molar-refractivity contribution in [1.29, 1.82) is 0 Å². The Morgan fingerprint density at radius 1 is 1.25 bits per heavy atom. The van der Waals surface area contributed by atoms with E-state index in [1.165, 1.54) is 4.90 Å². The van der Waals surface area contributed by atoms with Crippen LogP contribution in [0.3, 0.4) is 0 Å². The molecule has 1 aliphatic heterocycles. The number of likely N-dealkylation sites (tertiary alicyclic amines) is 1. The van der Waals surface area contributed by atoms with E-state index in [0.29, 0.717) is 47.8 Å². The number of aliphatic hydroxyl groups excluding tert-OH is 1. The highest BCUT2D eigenvalue weighted by atomic mass is 16.5. The molecule has 4 rings (SSSR count). The first-order valence-electron chi connectivity index (χ1n) is 10.3. The van der Waals surface area contributed by atoms with Crippen LogP contribution in [0.1, 0.15) is 35.0 Å². The second kappa shape index (κ2) is 8.70. The van der Waals surface area contributed by atoms with Crippen molar-refractivity contribution in [2.75, 3.05) is 13.7 Å². The molecular formula is C23H25N5O4. The standard InChI is InChI=1S/C23H25N5O4/c1-14-18(15(2)26-25-14)21(29)19-20(16-6-4-7-17(12-16)32-3)28(23(31)22(19)30)10-5-9-27-11-8-24-13-27/h4,6-8,11-13,20,29H,5,9-10H2,1-3H3,(H,25,26)/t20-/m0/s1. The van der Waals surface area contributed by atoms with E-state index in [1.807, 2.05) is 16.8 Å². The zero-order valence-corrected chi connectivity index (χ0v) is 18.2. The van der Waals surface area contributed by atoms with Crippen LogP contribution in [0.2, 0.25) is 0 Å². The molecule has 3 aromatic rings. The number of aromatic nitrogens is 4. The zero-order chi connectivity index (χ0) is 22.8. The molecule has 32 heavy (non-hydrogen) atoms. The topological polar surface area (TPSA) is 113 Å². The lowest BCUT2D eigenvalue weighted by molar-refractivity contribution is -0.139. The summed E-state index contributed by atoms with van der Waals surface area (Å²) in [6, 6.07) is 6.46. The number of hydrogen-bond acceptors (Lipinski definition) is 6. The average Bonchev–Trinajstić information content (AvgIpc) is 3.49. The minimum atomic E-state index is -0.735. The summed E-state index contributed by atoms with van der Waals surface area (Å²) < 4.78 is 7.26. The Balaban J connectivity index is 1.77. The van der Waals surface area contributed by atoms with Crippen LogP contribution < -0.4 is 4.74 Å². The first-order chi connectivity index (χ1) is 15.4. The number of aromatic amines is 1. The fraction of sp³-hybridized carbons (Fsp3) is 0.304. The molecule has 166 valence electrons. The van der Waals surface area contributed by atoms with Gasteiger partial charge in [-0.15, -0.1) is 0 Å². The maximum atomic E-state index is 13.1. The second-order valence-corrected chi connectivity index (χ2v) is 7.73. The van der Waals surface area contributed by atoms with E-state index in [4.69, 9.17) is 4.74 Å². The predicted molar refractivity (Wildman–Crippen MR) is 117 cm³/mol. The number of imidazole rings is 1. The fourth-order valence-corrected chi connectivity index (χ4v) is 4.15. The number of rotatable bonds is 7. The van der Waals surface area contributed by atoms with Crippen LogP contribution in [0.5, 0.6) is 5.75 Å². The maximum Gasteiger partial charge on any atom is 0.295 e. The van der Waals surface area contributed by atoms with Gasteiger partial charge in [-0.2, -0.15) is 5.10 Å². The highest BCUT2D eigenvalue weighted by Gasteiger charge is 2.46. The summed E-state index contributed by atoms with van der Waals surface area (Å²) in [6.07, 6.45) is 5.86. The lowest BCUT2D eigenvalue weighted by Gasteiger charge is -2.25. The number of aryl methyl sites for hydroxylation is 3. The molecule has 0 spiro atoms. The molecule has 9 nitrogen and oxygen atoms in total. The van der Waals surface area contributed by atoms with Gasteiger partial charge < -0.3 is 19.3 Å². The number of benzene rings is 1. The van der Waals surface area contributed by atoms with Gasteiger partial charge in [0.05, 0.1) is 36.3 Å². The van der Waals surface area contributed by atoms with E-state index in [9.17, 15) is 14.7 Å². The number of methoxy groups -OCH3 is 1. The quantitative estimate of drug-likeness (QED) is 0.335. The van der Waals surface area contributed by atoms with Gasteiger partial charge in [0.25, 0.3) is 11.7 Å². The number of ketones is 1. The largest absolute Gasteiger partial charge is 0.507 e. The summed E-state index contributed by atoms with van der Waals surface area (Å²) in [4.78, 5) is 31.7. The summed E-state index contributed by atoms with van der Waals surface area (Å²) in [5.74, 6) is -0.971. The first-order valence-corrected chi connectivity index (χ1v) is 10.3. The van der Waals surface area contributed by atoms with Gasteiger partial charge in [0.1, 0.15) is 11.5 Å². The van der Waals surface area contributed by atoms with Crippen molar-refractivity contribution < 1.29 is 19.4 Å². The summed E-state index contributed by atoms with van der Waals surface area (Å²) in [6.45, 7) is 4.48. The molecule has 1 saturated heterocycles. The summed E-state index contributed by atoms with van der Waals surface area (Å²) in [5.41, 5.74) is 2.35. The molecule has 0 aliphatic carbocycles. The molecule has 0 saturated carbocycles. The van der Waals surface area contributed by atoms with Crippen LogP contribution in [-0.4, -0.2) is 55.1 Å². The summed E-state index contributed by atoms with van der Waals surface area (Å²) >= 11 is 0. The lowest BCUT2D eigenvalue weighted by atomic mass is 9.94. The second-order valence-electron chi connectivity index (χ2n) is 7.73. The Bertz CT molecular complexity index is 1160. The van der Waals surface area contributed by atoms with Crippen LogP contribution in [0.15, 0.2) is 48.6 Å². The molecule has 3 heterocycles. The molecule has 1 aromatic carbocycles. The Morgan fingerprint density at radius 2 is 2.06 bits per heavy atom. The Kier molecular flexibility index (Phi) is 5.81. The van der Waals surface area contributed by atoms with E-state index in [-0.39, 0.29) is 11.3 Å². The van der Waals surface area contributed by atoms with Gasteiger partial charge in [0, 0.05) is 31.2 Å². The highest BCUT2D eigenvalue weighted by Crippen LogP contribution is 2.41. The number of amides is 1. The van der Waals surface area contributed by atoms with Crippen molar-refractivity contribution >= 4 is 17.4 Å². The number of ether oxygens (including phenoxy) is 1. The number of Topliss-reactive ketones (excluding diaryl/α,β-unsaturated/α-hetero) is 1. The Hall–Kier alpha value is -3.88. The highest BCUT2D eigenvalue weighted by molar-refractivity contribution is 6.46. The van der Waals surface area contributed by atoms with E-state index < -0.39 is 17.7 Å². The van der Waals surface area contributed by atoms with Crippen molar-refractivity contribution in [1.82, 2.24) is 24.6 Å². The summed E-state index contributed by atoms with van der Waals surface area (Å²) in [5, 5.41) is 18.1. The number of nitrogens with one attached hydrogen (secondary N) is 1. The molecule has 1 amide bonds. The van der Waals surface area contributed by atoms with Gasteiger partial charge in [0.2, 0.25) is 0 Å². The van der Waals surface area contributed by atoms with Crippen LogP contribution in [0, 0.1) is 13.8 Å². The van der Waals surface area contributed by atoms with Crippen molar-refractivity contribution in [3.63, 3.8) is 0 Å². The molecule has 1 aliphatic rings. The SMILES string of the molecule is COc1cccc([C@H]2C(=C(O)c3c(C)n[nH]c3C)C(=O)C(=O)N2CCCn2ccnc2)c1. The third kappa shape index (κ3) is 3.77.